The summed E-state index contributed by atoms with van der Waals surface area (Å²) in [6.07, 6.45) is -1.89. The average Bonchev–Trinajstić information content (AvgIpc) is 2.64. The molecule has 142 valence electrons. The highest BCUT2D eigenvalue weighted by atomic mass is 19.4. The lowest BCUT2D eigenvalue weighted by atomic mass is 9.76. The fourth-order valence-corrected chi connectivity index (χ4v) is 3.64. The van der Waals surface area contributed by atoms with Crippen LogP contribution in [0, 0.1) is 16.7 Å². The van der Waals surface area contributed by atoms with Gasteiger partial charge in [0.2, 0.25) is 0 Å². The summed E-state index contributed by atoms with van der Waals surface area (Å²) >= 11 is 0. The molecule has 2 unspecified atom stereocenters. The number of nitrogens with one attached hydrogen (secondary N) is 3. The molecule has 1 aliphatic carbocycles. The van der Waals surface area contributed by atoms with E-state index in [1.165, 1.54) is 18.3 Å². The van der Waals surface area contributed by atoms with Crippen LogP contribution in [0.5, 0.6) is 5.75 Å². The largest absolute Gasteiger partial charge is 0.573 e. The fraction of sp³-hybridized carbons (Fsp3) is 0.300. The molecule has 2 aromatic carbocycles. The van der Waals surface area contributed by atoms with Crippen molar-refractivity contribution in [3.63, 3.8) is 0 Å². The quantitative estimate of drug-likeness (QED) is 0.675. The highest BCUT2D eigenvalue weighted by Gasteiger charge is 2.33. The molecule has 2 aromatic rings. The van der Waals surface area contributed by atoms with Crippen molar-refractivity contribution < 1.29 is 17.9 Å². The van der Waals surface area contributed by atoms with Gasteiger partial charge in [0.15, 0.2) is 0 Å². The third-order valence-corrected chi connectivity index (χ3v) is 4.87. The number of fused-ring (bicyclic) bond motifs is 1. The van der Waals surface area contributed by atoms with Crippen LogP contribution in [0.15, 0.2) is 42.5 Å². The standard InChI is InChI=1S/C20H20F3N3O/c1-26-19(13-3-6-15(7-4-13)27-20(21,22)23)17-9-5-14-10-12(11-24)2-8-16(14)18(17)25/h2-4,6-8,10-11,17,19,24-26H,5,9H2,1H3. The first kappa shape index (κ1) is 19.1. The summed E-state index contributed by atoms with van der Waals surface area (Å²) in [5, 5.41) is 19.2. The summed E-state index contributed by atoms with van der Waals surface area (Å²) in [5.41, 5.74) is 4.05. The molecular formula is C20H20F3N3O. The molecule has 7 heteroatoms. The Bertz CT molecular complexity index is 847. The van der Waals surface area contributed by atoms with Gasteiger partial charge >= 0.3 is 6.36 Å². The minimum Gasteiger partial charge on any atom is -0.406 e. The van der Waals surface area contributed by atoms with Gasteiger partial charge in [-0.2, -0.15) is 0 Å². The highest BCUT2D eigenvalue weighted by Crippen LogP contribution is 2.35. The van der Waals surface area contributed by atoms with Gasteiger partial charge < -0.3 is 20.9 Å². The monoisotopic (exact) mass is 375 g/mol. The Labute approximate surface area is 155 Å². The maximum absolute atomic E-state index is 12.3. The van der Waals surface area contributed by atoms with Gasteiger partial charge in [-0.25, -0.2) is 0 Å². The van der Waals surface area contributed by atoms with Gasteiger partial charge in [0.1, 0.15) is 5.75 Å². The lowest BCUT2D eigenvalue weighted by Gasteiger charge is -2.32. The number of benzene rings is 2. The molecule has 0 aromatic heterocycles. The van der Waals surface area contributed by atoms with Crippen LogP contribution in [0.25, 0.3) is 0 Å². The van der Waals surface area contributed by atoms with Crippen LogP contribution in [-0.2, 0) is 6.42 Å². The Morgan fingerprint density at radius 1 is 1.19 bits per heavy atom. The molecule has 0 saturated carbocycles. The van der Waals surface area contributed by atoms with Crippen LogP contribution < -0.4 is 10.1 Å². The molecule has 4 nitrogen and oxygen atoms in total. The third kappa shape index (κ3) is 4.19. The molecule has 2 atom stereocenters. The number of rotatable bonds is 5. The molecule has 3 rings (SSSR count). The summed E-state index contributed by atoms with van der Waals surface area (Å²) in [4.78, 5) is 0. The number of aryl methyl sites for hydroxylation is 1. The minimum atomic E-state index is -4.71. The molecule has 0 heterocycles. The third-order valence-electron chi connectivity index (χ3n) is 4.87. The molecule has 0 fully saturated rings. The number of alkyl halides is 3. The lowest BCUT2D eigenvalue weighted by molar-refractivity contribution is -0.274. The first-order valence-electron chi connectivity index (χ1n) is 8.57. The van der Waals surface area contributed by atoms with Gasteiger partial charge in [-0.15, -0.1) is 13.2 Å². The van der Waals surface area contributed by atoms with Crippen molar-refractivity contribution in [1.82, 2.24) is 5.32 Å². The zero-order valence-corrected chi connectivity index (χ0v) is 14.7. The van der Waals surface area contributed by atoms with Crippen LogP contribution in [-0.4, -0.2) is 25.3 Å². The van der Waals surface area contributed by atoms with Crippen molar-refractivity contribution in [1.29, 1.82) is 10.8 Å². The fourth-order valence-electron chi connectivity index (χ4n) is 3.64. The number of hydrogen-bond donors (Lipinski definition) is 3. The number of ether oxygens (including phenoxy) is 1. The maximum atomic E-state index is 12.3. The molecule has 0 radical (unpaired) electrons. The smallest absolute Gasteiger partial charge is 0.406 e. The molecule has 0 aliphatic heterocycles. The van der Waals surface area contributed by atoms with E-state index in [0.29, 0.717) is 5.71 Å². The summed E-state index contributed by atoms with van der Waals surface area (Å²) in [6.45, 7) is 0. The predicted molar refractivity (Wildman–Crippen MR) is 97.9 cm³/mol. The molecular weight excluding hydrogens is 355 g/mol. The van der Waals surface area contributed by atoms with Crippen molar-refractivity contribution in [3.05, 3.63) is 64.7 Å². The van der Waals surface area contributed by atoms with E-state index in [1.807, 2.05) is 18.2 Å². The van der Waals surface area contributed by atoms with Crippen LogP contribution in [0.3, 0.4) is 0 Å². The summed E-state index contributed by atoms with van der Waals surface area (Å²) in [7, 11) is 1.78. The second-order valence-electron chi connectivity index (χ2n) is 6.50. The van der Waals surface area contributed by atoms with E-state index in [9.17, 15) is 13.2 Å². The van der Waals surface area contributed by atoms with Crippen LogP contribution in [0.2, 0.25) is 0 Å². The van der Waals surface area contributed by atoms with E-state index in [1.54, 1.807) is 19.2 Å². The van der Waals surface area contributed by atoms with Crippen LogP contribution >= 0.6 is 0 Å². The molecule has 0 spiro atoms. The van der Waals surface area contributed by atoms with Crippen molar-refractivity contribution in [2.75, 3.05) is 7.05 Å². The summed E-state index contributed by atoms with van der Waals surface area (Å²) in [6, 6.07) is 11.2. The zero-order valence-electron chi connectivity index (χ0n) is 14.7. The molecule has 0 bridgehead atoms. The predicted octanol–water partition coefficient (Wildman–Crippen LogP) is 4.47. The van der Waals surface area contributed by atoms with E-state index in [4.69, 9.17) is 10.8 Å². The Morgan fingerprint density at radius 3 is 2.48 bits per heavy atom. The van der Waals surface area contributed by atoms with E-state index in [2.05, 4.69) is 10.1 Å². The molecule has 1 aliphatic rings. The highest BCUT2D eigenvalue weighted by molar-refractivity contribution is 6.03. The Balaban J connectivity index is 1.83. The normalized spacial score (nSPS) is 17.9. The van der Waals surface area contributed by atoms with Crippen molar-refractivity contribution in [3.8, 4) is 5.75 Å². The second-order valence-corrected chi connectivity index (χ2v) is 6.50. The van der Waals surface area contributed by atoms with Crippen molar-refractivity contribution in [2.24, 2.45) is 5.92 Å². The molecule has 27 heavy (non-hydrogen) atoms. The van der Waals surface area contributed by atoms with E-state index < -0.39 is 6.36 Å². The van der Waals surface area contributed by atoms with E-state index >= 15 is 0 Å². The first-order chi connectivity index (χ1) is 12.8. The number of hydrogen-bond acceptors (Lipinski definition) is 4. The molecule has 0 saturated heterocycles. The topological polar surface area (TPSA) is 69.0 Å². The van der Waals surface area contributed by atoms with Crippen molar-refractivity contribution in [2.45, 2.75) is 25.2 Å². The Kier molecular flexibility index (Phi) is 5.32. The molecule has 3 N–H and O–H groups in total. The van der Waals surface area contributed by atoms with Gasteiger partial charge in [0.05, 0.1) is 0 Å². The lowest BCUT2D eigenvalue weighted by Crippen LogP contribution is -2.34. The SMILES string of the molecule is CNC(c1ccc(OC(F)(F)F)cc1)C1CCc2cc(C=N)ccc2C1=N. The molecule has 0 amide bonds. The average molecular weight is 375 g/mol. The Hall–Kier alpha value is -2.67. The zero-order chi connectivity index (χ0) is 19.6. The van der Waals surface area contributed by atoms with Crippen LogP contribution in [0.1, 0.15) is 34.7 Å². The van der Waals surface area contributed by atoms with Gasteiger partial charge in [-0.3, -0.25) is 0 Å². The first-order valence-corrected chi connectivity index (χ1v) is 8.57. The Morgan fingerprint density at radius 2 is 1.89 bits per heavy atom. The second kappa shape index (κ2) is 7.52. The van der Waals surface area contributed by atoms with Gasteiger partial charge in [-0.1, -0.05) is 24.3 Å². The van der Waals surface area contributed by atoms with Gasteiger partial charge in [0.25, 0.3) is 0 Å². The van der Waals surface area contributed by atoms with Gasteiger partial charge in [-0.05, 0) is 60.3 Å². The maximum Gasteiger partial charge on any atom is 0.573 e. The summed E-state index contributed by atoms with van der Waals surface area (Å²) in [5.74, 6) is -0.355. The van der Waals surface area contributed by atoms with Crippen molar-refractivity contribution >= 4 is 11.9 Å². The van der Waals surface area contributed by atoms with E-state index in [-0.39, 0.29) is 17.7 Å². The summed E-state index contributed by atoms with van der Waals surface area (Å²) < 4.78 is 40.9. The van der Waals surface area contributed by atoms with Gasteiger partial charge in [0, 0.05) is 23.9 Å². The minimum absolute atomic E-state index is 0.0947. The van der Waals surface area contributed by atoms with Crippen LogP contribution in [0.4, 0.5) is 13.2 Å². The number of halogens is 3. The van der Waals surface area contributed by atoms with E-state index in [0.717, 1.165) is 35.1 Å².